The number of halogens is 1. The van der Waals surface area contributed by atoms with Crippen molar-refractivity contribution in [1.82, 2.24) is 0 Å². The summed E-state index contributed by atoms with van der Waals surface area (Å²) in [6.45, 7) is 0.110. The molecule has 0 saturated carbocycles. The first-order valence-corrected chi connectivity index (χ1v) is 6.00. The second-order valence-electron chi connectivity index (χ2n) is 3.78. The predicted molar refractivity (Wildman–Crippen MR) is 69.3 cm³/mol. The Bertz CT molecular complexity index is 445. The van der Waals surface area contributed by atoms with Gasteiger partial charge in [0, 0.05) is 4.47 Å². The van der Waals surface area contributed by atoms with E-state index >= 15 is 0 Å². The van der Waals surface area contributed by atoms with Crippen LogP contribution >= 0.6 is 15.9 Å². The Hall–Kier alpha value is -1.12. The van der Waals surface area contributed by atoms with Crippen LogP contribution in [-0.2, 0) is 13.0 Å². The van der Waals surface area contributed by atoms with Gasteiger partial charge in [0.1, 0.15) is 0 Å². The fraction of sp³-hybridized carbons (Fsp3) is 0.143. The second-order valence-corrected chi connectivity index (χ2v) is 4.69. The predicted octanol–water partition coefficient (Wildman–Crippen LogP) is 3.53. The van der Waals surface area contributed by atoms with Crippen LogP contribution in [0.2, 0.25) is 0 Å². The summed E-state index contributed by atoms with van der Waals surface area (Å²) < 4.78 is 1.10. The highest BCUT2D eigenvalue weighted by molar-refractivity contribution is 9.10. The summed E-state index contributed by atoms with van der Waals surface area (Å²) in [7, 11) is 0. The summed E-state index contributed by atoms with van der Waals surface area (Å²) in [5.74, 6) is 0. The molecule has 0 amide bonds. The molecule has 0 atom stereocenters. The van der Waals surface area contributed by atoms with E-state index < -0.39 is 0 Å². The van der Waals surface area contributed by atoms with E-state index in [0.717, 1.165) is 16.5 Å². The topological polar surface area (TPSA) is 20.2 Å². The highest BCUT2D eigenvalue weighted by Gasteiger charge is 1.97. The highest BCUT2D eigenvalue weighted by Crippen LogP contribution is 2.14. The molecule has 0 aromatic heterocycles. The van der Waals surface area contributed by atoms with Gasteiger partial charge in [-0.05, 0) is 35.2 Å². The van der Waals surface area contributed by atoms with Gasteiger partial charge in [-0.25, -0.2) is 0 Å². The van der Waals surface area contributed by atoms with Gasteiger partial charge in [0.05, 0.1) is 6.61 Å². The second kappa shape index (κ2) is 5.28. The Balaban J connectivity index is 2.11. The maximum Gasteiger partial charge on any atom is 0.0681 e. The van der Waals surface area contributed by atoms with Gasteiger partial charge >= 0.3 is 0 Å². The standard InChI is InChI=1S/C14H13BrO/c15-14-7-5-12(6-8-14)9-11-1-3-13(10-16)4-2-11/h1-8,16H,9-10H2. The third-order valence-corrected chi connectivity index (χ3v) is 3.06. The number of aliphatic hydroxyl groups excluding tert-OH is 1. The monoisotopic (exact) mass is 276 g/mol. The van der Waals surface area contributed by atoms with Crippen LogP contribution in [0.5, 0.6) is 0 Å². The molecule has 2 aromatic carbocycles. The summed E-state index contributed by atoms with van der Waals surface area (Å²) in [4.78, 5) is 0. The molecular formula is C14H13BrO. The van der Waals surface area contributed by atoms with E-state index in [0.29, 0.717) is 0 Å². The smallest absolute Gasteiger partial charge is 0.0681 e. The summed E-state index contributed by atoms with van der Waals surface area (Å²) in [6.07, 6.45) is 0.930. The average Bonchev–Trinajstić information content (AvgIpc) is 2.33. The molecule has 1 N–H and O–H groups in total. The van der Waals surface area contributed by atoms with Crippen molar-refractivity contribution >= 4 is 15.9 Å². The summed E-state index contributed by atoms with van der Waals surface area (Å²) in [5, 5.41) is 8.94. The lowest BCUT2D eigenvalue weighted by molar-refractivity contribution is 0.282. The quantitative estimate of drug-likeness (QED) is 0.910. The van der Waals surface area contributed by atoms with Crippen LogP contribution in [0.15, 0.2) is 53.0 Å². The van der Waals surface area contributed by atoms with Crippen molar-refractivity contribution in [1.29, 1.82) is 0 Å². The van der Waals surface area contributed by atoms with Crippen LogP contribution in [0.1, 0.15) is 16.7 Å². The third-order valence-electron chi connectivity index (χ3n) is 2.53. The van der Waals surface area contributed by atoms with Gasteiger partial charge in [0.25, 0.3) is 0 Å². The highest BCUT2D eigenvalue weighted by atomic mass is 79.9. The fourth-order valence-corrected chi connectivity index (χ4v) is 1.86. The van der Waals surface area contributed by atoms with Gasteiger partial charge in [0.2, 0.25) is 0 Å². The zero-order chi connectivity index (χ0) is 11.4. The Morgan fingerprint density at radius 2 is 1.19 bits per heavy atom. The van der Waals surface area contributed by atoms with Crippen LogP contribution in [0.3, 0.4) is 0 Å². The van der Waals surface area contributed by atoms with Crippen molar-refractivity contribution < 1.29 is 5.11 Å². The van der Waals surface area contributed by atoms with Crippen LogP contribution in [-0.4, -0.2) is 5.11 Å². The van der Waals surface area contributed by atoms with Gasteiger partial charge in [-0.3, -0.25) is 0 Å². The van der Waals surface area contributed by atoms with E-state index in [1.165, 1.54) is 11.1 Å². The minimum absolute atomic E-state index is 0.110. The molecule has 0 unspecified atom stereocenters. The Kier molecular flexibility index (Phi) is 3.75. The minimum atomic E-state index is 0.110. The Labute approximate surface area is 104 Å². The van der Waals surface area contributed by atoms with Gasteiger partial charge in [-0.1, -0.05) is 52.3 Å². The Morgan fingerprint density at radius 3 is 1.69 bits per heavy atom. The van der Waals surface area contributed by atoms with E-state index in [-0.39, 0.29) is 6.61 Å². The molecule has 2 aromatic rings. The molecule has 0 bridgehead atoms. The van der Waals surface area contributed by atoms with E-state index in [1.54, 1.807) is 0 Å². The van der Waals surface area contributed by atoms with Crippen molar-refractivity contribution in [2.45, 2.75) is 13.0 Å². The van der Waals surface area contributed by atoms with Gasteiger partial charge in [-0.2, -0.15) is 0 Å². The number of aliphatic hydroxyl groups is 1. The number of rotatable bonds is 3. The molecule has 0 fully saturated rings. The molecule has 2 heteroatoms. The first kappa shape index (κ1) is 11.4. The molecule has 16 heavy (non-hydrogen) atoms. The molecule has 0 aliphatic rings. The lowest BCUT2D eigenvalue weighted by atomic mass is 10.0. The maximum atomic E-state index is 8.94. The van der Waals surface area contributed by atoms with E-state index in [4.69, 9.17) is 5.11 Å². The average molecular weight is 277 g/mol. The van der Waals surface area contributed by atoms with Crippen LogP contribution in [0, 0.1) is 0 Å². The van der Waals surface area contributed by atoms with Crippen LogP contribution in [0.25, 0.3) is 0 Å². The van der Waals surface area contributed by atoms with Crippen molar-refractivity contribution in [3.05, 3.63) is 69.7 Å². The molecule has 0 spiro atoms. The molecule has 0 saturated heterocycles. The van der Waals surface area contributed by atoms with Crippen LogP contribution in [0.4, 0.5) is 0 Å². The number of hydrogen-bond acceptors (Lipinski definition) is 1. The molecule has 82 valence electrons. The van der Waals surface area contributed by atoms with Crippen molar-refractivity contribution in [2.24, 2.45) is 0 Å². The van der Waals surface area contributed by atoms with Gasteiger partial charge < -0.3 is 5.11 Å². The van der Waals surface area contributed by atoms with Gasteiger partial charge in [-0.15, -0.1) is 0 Å². The molecule has 0 heterocycles. The summed E-state index contributed by atoms with van der Waals surface area (Å²) >= 11 is 3.42. The molecule has 0 aliphatic heterocycles. The largest absolute Gasteiger partial charge is 0.392 e. The first-order chi connectivity index (χ1) is 7.78. The zero-order valence-corrected chi connectivity index (χ0v) is 10.4. The van der Waals surface area contributed by atoms with Crippen molar-refractivity contribution in [3.63, 3.8) is 0 Å². The van der Waals surface area contributed by atoms with Crippen molar-refractivity contribution in [2.75, 3.05) is 0 Å². The van der Waals surface area contributed by atoms with Crippen LogP contribution < -0.4 is 0 Å². The lowest BCUT2D eigenvalue weighted by Gasteiger charge is -2.03. The number of hydrogen-bond donors (Lipinski definition) is 1. The number of benzene rings is 2. The zero-order valence-electron chi connectivity index (χ0n) is 8.86. The molecule has 2 rings (SSSR count). The molecule has 1 nitrogen and oxygen atoms in total. The lowest BCUT2D eigenvalue weighted by Crippen LogP contribution is -1.89. The first-order valence-electron chi connectivity index (χ1n) is 5.21. The SMILES string of the molecule is OCc1ccc(Cc2ccc(Br)cc2)cc1. The molecule has 0 radical (unpaired) electrons. The normalized spacial score (nSPS) is 10.4. The van der Waals surface area contributed by atoms with E-state index in [1.807, 2.05) is 12.1 Å². The maximum absolute atomic E-state index is 8.94. The third kappa shape index (κ3) is 2.94. The van der Waals surface area contributed by atoms with Gasteiger partial charge in [0.15, 0.2) is 0 Å². The van der Waals surface area contributed by atoms with E-state index in [2.05, 4.69) is 52.3 Å². The summed E-state index contributed by atoms with van der Waals surface area (Å²) in [6, 6.07) is 16.4. The molecular weight excluding hydrogens is 264 g/mol. The molecule has 0 aliphatic carbocycles. The fourth-order valence-electron chi connectivity index (χ4n) is 1.60. The summed E-state index contributed by atoms with van der Waals surface area (Å²) in [5.41, 5.74) is 3.51. The minimum Gasteiger partial charge on any atom is -0.392 e. The Morgan fingerprint density at radius 1 is 0.750 bits per heavy atom. The van der Waals surface area contributed by atoms with Crippen molar-refractivity contribution in [3.8, 4) is 0 Å². The van der Waals surface area contributed by atoms with E-state index in [9.17, 15) is 0 Å².